The lowest BCUT2D eigenvalue weighted by Crippen LogP contribution is -2.34. The van der Waals surface area contributed by atoms with Gasteiger partial charge in [-0.05, 0) is 51.2 Å². The molecule has 0 unspecified atom stereocenters. The molecule has 1 rings (SSSR count). The number of esters is 1. The van der Waals surface area contributed by atoms with E-state index in [0.29, 0.717) is 6.61 Å². The molecule has 0 bridgehead atoms. The molecular weight excluding hydrogens is 202 g/mol. The lowest BCUT2D eigenvalue weighted by atomic mass is 9.94. The Balaban J connectivity index is 2.05. The average Bonchev–Trinajstić information content (AvgIpc) is 2.27. The molecule has 94 valence electrons. The van der Waals surface area contributed by atoms with Crippen molar-refractivity contribution in [3.63, 3.8) is 0 Å². The fourth-order valence-corrected chi connectivity index (χ4v) is 2.25. The lowest BCUT2D eigenvalue weighted by molar-refractivity contribution is -0.141. The Hall–Kier alpha value is -0.570. The van der Waals surface area contributed by atoms with Crippen LogP contribution in [0.2, 0.25) is 0 Å². The Bertz CT molecular complexity index is 198. The van der Waals surface area contributed by atoms with Crippen molar-refractivity contribution in [2.75, 3.05) is 26.2 Å². The first-order valence-electron chi connectivity index (χ1n) is 6.58. The van der Waals surface area contributed by atoms with Crippen molar-refractivity contribution in [1.29, 1.82) is 0 Å². The molecule has 0 radical (unpaired) electrons. The van der Waals surface area contributed by atoms with Gasteiger partial charge in [-0.3, -0.25) is 4.79 Å². The summed E-state index contributed by atoms with van der Waals surface area (Å²) in [6, 6.07) is 0. The Morgan fingerprint density at radius 3 is 2.62 bits per heavy atom. The predicted octanol–water partition coefficient (Wildman–Crippen LogP) is 2.45. The van der Waals surface area contributed by atoms with Crippen molar-refractivity contribution in [2.45, 2.75) is 46.0 Å². The number of carbonyl (C=O) groups excluding carboxylic acids is 1. The second-order valence-electron chi connectivity index (χ2n) is 4.77. The zero-order valence-corrected chi connectivity index (χ0v) is 10.7. The van der Waals surface area contributed by atoms with E-state index in [2.05, 4.69) is 11.8 Å². The van der Waals surface area contributed by atoms with E-state index in [4.69, 9.17) is 4.74 Å². The molecule has 0 amide bonds. The van der Waals surface area contributed by atoms with E-state index in [9.17, 15) is 4.79 Å². The molecule has 0 spiro atoms. The largest absolute Gasteiger partial charge is 0.466 e. The summed E-state index contributed by atoms with van der Waals surface area (Å²) in [5.74, 6) is 0.609. The van der Waals surface area contributed by atoms with Crippen molar-refractivity contribution in [3.05, 3.63) is 0 Å². The molecule has 1 heterocycles. The van der Waals surface area contributed by atoms with Gasteiger partial charge in [-0.1, -0.05) is 13.3 Å². The molecule has 0 aromatic rings. The van der Waals surface area contributed by atoms with E-state index in [1.54, 1.807) is 0 Å². The first-order valence-corrected chi connectivity index (χ1v) is 6.58. The Kier molecular flexibility index (Phi) is 6.46. The summed E-state index contributed by atoms with van der Waals surface area (Å²) in [5, 5.41) is 0. The normalized spacial score (nSPS) is 18.6. The predicted molar refractivity (Wildman–Crippen MR) is 65.3 cm³/mol. The minimum Gasteiger partial charge on any atom is -0.466 e. The van der Waals surface area contributed by atoms with Gasteiger partial charge in [0.05, 0.1) is 6.61 Å². The van der Waals surface area contributed by atoms with Crippen molar-refractivity contribution < 1.29 is 9.53 Å². The van der Waals surface area contributed by atoms with Gasteiger partial charge in [0, 0.05) is 6.92 Å². The monoisotopic (exact) mass is 227 g/mol. The standard InChI is InChI=1S/C13H25NO2/c1-3-4-8-14-9-5-13(6-10-14)7-11-16-12(2)15/h13H,3-11H2,1-2H3. The molecule has 1 aliphatic heterocycles. The maximum Gasteiger partial charge on any atom is 0.302 e. The number of hydrogen-bond acceptors (Lipinski definition) is 3. The summed E-state index contributed by atoms with van der Waals surface area (Å²) in [7, 11) is 0. The van der Waals surface area contributed by atoms with Gasteiger partial charge in [0.15, 0.2) is 0 Å². The van der Waals surface area contributed by atoms with Crippen LogP contribution in [0.3, 0.4) is 0 Å². The highest BCUT2D eigenvalue weighted by Gasteiger charge is 2.18. The van der Waals surface area contributed by atoms with Crippen LogP contribution in [0.4, 0.5) is 0 Å². The number of piperidine rings is 1. The molecule has 0 aromatic heterocycles. The smallest absolute Gasteiger partial charge is 0.302 e. The minimum absolute atomic E-state index is 0.152. The van der Waals surface area contributed by atoms with E-state index in [1.165, 1.54) is 52.2 Å². The molecule has 0 saturated carbocycles. The first-order chi connectivity index (χ1) is 7.72. The number of hydrogen-bond donors (Lipinski definition) is 0. The average molecular weight is 227 g/mol. The lowest BCUT2D eigenvalue weighted by Gasteiger charge is -2.31. The molecule has 16 heavy (non-hydrogen) atoms. The summed E-state index contributed by atoms with van der Waals surface area (Å²) >= 11 is 0. The summed E-state index contributed by atoms with van der Waals surface area (Å²) < 4.78 is 4.98. The van der Waals surface area contributed by atoms with Crippen LogP contribution in [0.1, 0.15) is 46.0 Å². The Morgan fingerprint density at radius 1 is 1.38 bits per heavy atom. The van der Waals surface area contributed by atoms with Crippen LogP contribution in [0, 0.1) is 5.92 Å². The molecule has 3 heteroatoms. The molecule has 0 N–H and O–H groups in total. The second-order valence-corrected chi connectivity index (χ2v) is 4.77. The highest BCUT2D eigenvalue weighted by atomic mass is 16.5. The highest BCUT2D eigenvalue weighted by Crippen LogP contribution is 2.20. The van der Waals surface area contributed by atoms with Crippen molar-refractivity contribution in [2.24, 2.45) is 5.92 Å². The minimum atomic E-state index is -0.152. The third-order valence-electron chi connectivity index (χ3n) is 3.37. The van der Waals surface area contributed by atoms with Gasteiger partial charge in [0.1, 0.15) is 0 Å². The van der Waals surface area contributed by atoms with Gasteiger partial charge < -0.3 is 9.64 Å². The van der Waals surface area contributed by atoms with Crippen molar-refractivity contribution in [3.8, 4) is 0 Å². The maximum atomic E-state index is 10.6. The second kappa shape index (κ2) is 7.66. The third kappa shape index (κ3) is 5.50. The van der Waals surface area contributed by atoms with Gasteiger partial charge in [0.25, 0.3) is 0 Å². The van der Waals surface area contributed by atoms with Crippen LogP contribution in [-0.4, -0.2) is 37.1 Å². The Labute approximate surface area is 99.1 Å². The molecule has 1 saturated heterocycles. The number of rotatable bonds is 6. The topological polar surface area (TPSA) is 29.5 Å². The zero-order valence-electron chi connectivity index (χ0n) is 10.7. The van der Waals surface area contributed by atoms with E-state index < -0.39 is 0 Å². The zero-order chi connectivity index (χ0) is 11.8. The number of nitrogens with zero attached hydrogens (tertiary/aromatic N) is 1. The number of likely N-dealkylation sites (tertiary alicyclic amines) is 1. The Morgan fingerprint density at radius 2 is 2.06 bits per heavy atom. The summed E-state index contributed by atoms with van der Waals surface area (Å²) in [6.45, 7) is 8.04. The SMILES string of the molecule is CCCCN1CCC(CCOC(C)=O)CC1. The van der Waals surface area contributed by atoms with Gasteiger partial charge in [0.2, 0.25) is 0 Å². The van der Waals surface area contributed by atoms with Crippen LogP contribution < -0.4 is 0 Å². The fraction of sp³-hybridized carbons (Fsp3) is 0.923. The van der Waals surface area contributed by atoms with Gasteiger partial charge in [-0.25, -0.2) is 0 Å². The third-order valence-corrected chi connectivity index (χ3v) is 3.37. The maximum absolute atomic E-state index is 10.6. The molecule has 0 aromatic carbocycles. The molecule has 3 nitrogen and oxygen atoms in total. The van der Waals surface area contributed by atoms with Crippen molar-refractivity contribution >= 4 is 5.97 Å². The quantitative estimate of drug-likeness (QED) is 0.653. The number of ether oxygens (including phenoxy) is 1. The number of unbranched alkanes of at least 4 members (excludes halogenated alkanes) is 1. The molecule has 0 atom stereocenters. The first kappa shape index (κ1) is 13.5. The number of carbonyl (C=O) groups is 1. The van der Waals surface area contributed by atoms with Crippen LogP contribution in [0.5, 0.6) is 0 Å². The van der Waals surface area contributed by atoms with Crippen LogP contribution in [0.25, 0.3) is 0 Å². The summed E-state index contributed by atoms with van der Waals surface area (Å²) in [6.07, 6.45) is 6.18. The molecule has 1 fully saturated rings. The molecule has 1 aliphatic rings. The molecular formula is C13H25NO2. The summed E-state index contributed by atoms with van der Waals surface area (Å²) in [4.78, 5) is 13.2. The van der Waals surface area contributed by atoms with Gasteiger partial charge >= 0.3 is 5.97 Å². The van der Waals surface area contributed by atoms with Crippen LogP contribution in [0.15, 0.2) is 0 Å². The molecule has 0 aliphatic carbocycles. The van der Waals surface area contributed by atoms with E-state index in [0.717, 1.165) is 12.3 Å². The van der Waals surface area contributed by atoms with E-state index >= 15 is 0 Å². The fourth-order valence-electron chi connectivity index (χ4n) is 2.25. The van der Waals surface area contributed by atoms with Crippen LogP contribution >= 0.6 is 0 Å². The van der Waals surface area contributed by atoms with Gasteiger partial charge in [-0.2, -0.15) is 0 Å². The van der Waals surface area contributed by atoms with E-state index in [1.807, 2.05) is 0 Å². The van der Waals surface area contributed by atoms with Crippen LogP contribution in [-0.2, 0) is 9.53 Å². The summed E-state index contributed by atoms with van der Waals surface area (Å²) in [5.41, 5.74) is 0. The van der Waals surface area contributed by atoms with Crippen molar-refractivity contribution in [1.82, 2.24) is 4.90 Å². The van der Waals surface area contributed by atoms with Gasteiger partial charge in [-0.15, -0.1) is 0 Å². The van der Waals surface area contributed by atoms with E-state index in [-0.39, 0.29) is 5.97 Å². The highest BCUT2D eigenvalue weighted by molar-refractivity contribution is 5.65.